The zero-order valence-corrected chi connectivity index (χ0v) is 26.7. The molecule has 2 aromatic rings. The van der Waals surface area contributed by atoms with Crippen LogP contribution in [0.15, 0.2) is 42.5 Å². The van der Waals surface area contributed by atoms with Gasteiger partial charge in [0.1, 0.15) is 5.75 Å². The van der Waals surface area contributed by atoms with Gasteiger partial charge in [-0.1, -0.05) is 57.9 Å². The summed E-state index contributed by atoms with van der Waals surface area (Å²) in [6.07, 6.45) is 6.87. The van der Waals surface area contributed by atoms with Crippen LogP contribution in [0.1, 0.15) is 87.4 Å². The first-order valence-corrected chi connectivity index (χ1v) is 15.4. The van der Waals surface area contributed by atoms with E-state index in [2.05, 4.69) is 49.2 Å². The average Bonchev–Trinajstić information content (AvgIpc) is 3.47. The summed E-state index contributed by atoms with van der Waals surface area (Å²) in [5, 5.41) is 3.10. The number of carbonyl (C=O) groups is 2. The van der Waals surface area contributed by atoms with Crippen molar-refractivity contribution in [1.82, 2.24) is 20.0 Å². The Morgan fingerprint density at radius 2 is 1.73 bits per heavy atom. The molecule has 2 aliphatic rings. The molecule has 2 aliphatic heterocycles. The largest absolute Gasteiger partial charge is 0.497 e. The zero-order valence-electron chi connectivity index (χ0n) is 26.7. The van der Waals surface area contributed by atoms with E-state index >= 15 is 0 Å². The lowest BCUT2D eigenvalue weighted by Crippen LogP contribution is -2.48. The fourth-order valence-corrected chi connectivity index (χ4v) is 5.24. The molecule has 1 saturated heterocycles. The summed E-state index contributed by atoms with van der Waals surface area (Å²) in [5.41, 5.74) is 4.49. The molecule has 0 radical (unpaired) electrons. The van der Waals surface area contributed by atoms with Crippen LogP contribution in [-0.2, 0) is 24.3 Å². The molecule has 0 aliphatic carbocycles. The highest BCUT2D eigenvalue weighted by Gasteiger charge is 2.34. The molecule has 1 fully saturated rings. The molecular weight excluding hydrogens is 512 g/mol. The highest BCUT2D eigenvalue weighted by Crippen LogP contribution is 2.34. The van der Waals surface area contributed by atoms with E-state index in [1.165, 1.54) is 36.9 Å². The van der Waals surface area contributed by atoms with E-state index in [0.29, 0.717) is 26.2 Å². The summed E-state index contributed by atoms with van der Waals surface area (Å²) in [5.74, 6) is 0.981. The molecule has 0 spiro atoms. The van der Waals surface area contributed by atoms with Gasteiger partial charge in [-0.2, -0.15) is 0 Å². The standard InChI is InChI=1S/C26H33N3O3.C6H15N.C2H6/c1-26(2,11-10-20-6-4-8-22(16-20)32-3)29-17-21-7-5-9-23(24(21)18-29)25(31)28-14-12-27(19-30)13-15-28;1-3-4-5-6-7-2;1-2/h4-9,16,19H,10-15,17-18H2,1-3H3;7H,3-6H2,1-2H3;1-2H3. The van der Waals surface area contributed by atoms with Crippen molar-refractivity contribution in [3.05, 3.63) is 64.7 Å². The number of hydrogen-bond donors (Lipinski definition) is 1. The van der Waals surface area contributed by atoms with Gasteiger partial charge in [-0.05, 0) is 81.6 Å². The third-order valence-electron chi connectivity index (χ3n) is 8.01. The quantitative estimate of drug-likeness (QED) is 0.277. The molecule has 41 heavy (non-hydrogen) atoms. The van der Waals surface area contributed by atoms with Crippen LogP contribution in [0, 0.1) is 0 Å². The summed E-state index contributed by atoms with van der Waals surface area (Å²) < 4.78 is 5.36. The Labute approximate surface area is 249 Å². The van der Waals surface area contributed by atoms with Crippen molar-refractivity contribution >= 4 is 12.3 Å². The second-order valence-corrected chi connectivity index (χ2v) is 11.2. The number of methoxy groups -OCH3 is 1. The zero-order chi connectivity index (χ0) is 30.3. The average molecular weight is 567 g/mol. The van der Waals surface area contributed by atoms with Crippen LogP contribution < -0.4 is 10.1 Å². The molecule has 2 heterocycles. The predicted molar refractivity (Wildman–Crippen MR) is 169 cm³/mol. The summed E-state index contributed by atoms with van der Waals surface area (Å²) in [4.78, 5) is 30.3. The van der Waals surface area contributed by atoms with E-state index in [1.54, 1.807) is 12.0 Å². The lowest BCUT2D eigenvalue weighted by molar-refractivity contribution is -0.119. The summed E-state index contributed by atoms with van der Waals surface area (Å²) >= 11 is 0. The molecule has 4 rings (SSSR count). The van der Waals surface area contributed by atoms with Gasteiger partial charge in [0.05, 0.1) is 7.11 Å². The van der Waals surface area contributed by atoms with E-state index in [9.17, 15) is 9.59 Å². The maximum atomic E-state index is 13.3. The molecule has 228 valence electrons. The Bertz CT molecular complexity index is 1060. The first kappa shape index (κ1) is 34.3. The molecular formula is C34H54N4O3. The molecule has 0 saturated carbocycles. The van der Waals surface area contributed by atoms with Crippen molar-refractivity contribution in [2.75, 3.05) is 46.9 Å². The van der Waals surface area contributed by atoms with Crippen molar-refractivity contribution in [1.29, 1.82) is 0 Å². The van der Waals surface area contributed by atoms with Crippen LogP contribution in [0.4, 0.5) is 0 Å². The molecule has 0 atom stereocenters. The number of unbranched alkanes of at least 4 members (excludes halogenated alkanes) is 2. The Balaban J connectivity index is 0.000000573. The summed E-state index contributed by atoms with van der Waals surface area (Å²) in [6.45, 7) is 16.0. The van der Waals surface area contributed by atoms with E-state index in [4.69, 9.17) is 4.74 Å². The van der Waals surface area contributed by atoms with Gasteiger partial charge in [0, 0.05) is 50.4 Å². The maximum Gasteiger partial charge on any atom is 0.254 e. The van der Waals surface area contributed by atoms with Gasteiger partial charge < -0.3 is 19.9 Å². The number of carbonyl (C=O) groups excluding carboxylic acids is 2. The lowest BCUT2D eigenvalue weighted by Gasteiger charge is -2.36. The van der Waals surface area contributed by atoms with Crippen LogP contribution in [0.2, 0.25) is 0 Å². The van der Waals surface area contributed by atoms with Crippen molar-refractivity contribution in [3.63, 3.8) is 0 Å². The second kappa shape index (κ2) is 17.8. The number of amides is 2. The number of rotatable bonds is 11. The van der Waals surface area contributed by atoms with Crippen molar-refractivity contribution in [2.24, 2.45) is 0 Å². The van der Waals surface area contributed by atoms with Gasteiger partial charge in [0.15, 0.2) is 0 Å². The minimum absolute atomic E-state index is 0.00198. The number of nitrogens with zero attached hydrogens (tertiary/aromatic N) is 3. The van der Waals surface area contributed by atoms with Gasteiger partial charge in [-0.3, -0.25) is 14.5 Å². The molecule has 7 nitrogen and oxygen atoms in total. The predicted octanol–water partition coefficient (Wildman–Crippen LogP) is 5.76. The van der Waals surface area contributed by atoms with Gasteiger partial charge in [-0.25, -0.2) is 0 Å². The van der Waals surface area contributed by atoms with Gasteiger partial charge in [0.25, 0.3) is 5.91 Å². The minimum Gasteiger partial charge on any atom is -0.497 e. The van der Waals surface area contributed by atoms with Crippen molar-refractivity contribution in [2.45, 2.75) is 85.4 Å². The van der Waals surface area contributed by atoms with Crippen molar-refractivity contribution in [3.8, 4) is 5.75 Å². The fraction of sp³-hybridized carbons (Fsp3) is 0.588. The van der Waals surface area contributed by atoms with E-state index in [0.717, 1.165) is 49.2 Å². The van der Waals surface area contributed by atoms with Gasteiger partial charge >= 0.3 is 0 Å². The van der Waals surface area contributed by atoms with E-state index < -0.39 is 0 Å². The highest BCUT2D eigenvalue weighted by atomic mass is 16.5. The third-order valence-corrected chi connectivity index (χ3v) is 8.01. The Kier molecular flexibility index (Phi) is 14.9. The van der Waals surface area contributed by atoms with Crippen LogP contribution in [0.3, 0.4) is 0 Å². The Morgan fingerprint density at radius 3 is 2.37 bits per heavy atom. The third kappa shape index (κ3) is 10.2. The molecule has 0 unspecified atom stereocenters. The smallest absolute Gasteiger partial charge is 0.254 e. The SMILES string of the molecule is CC.CCCCCNC.COc1cccc(CCC(C)(C)N2Cc3cccc(C(=O)N4CCN(C=O)CC4)c3C2)c1. The monoisotopic (exact) mass is 566 g/mol. The first-order chi connectivity index (χ1) is 19.8. The fourth-order valence-electron chi connectivity index (χ4n) is 5.24. The van der Waals surface area contributed by atoms with Gasteiger partial charge in [-0.15, -0.1) is 0 Å². The number of piperazine rings is 1. The molecule has 2 aromatic carbocycles. The van der Waals surface area contributed by atoms with Crippen molar-refractivity contribution < 1.29 is 14.3 Å². The summed E-state index contributed by atoms with van der Waals surface area (Å²) in [7, 11) is 3.70. The molecule has 2 amide bonds. The molecule has 0 bridgehead atoms. The number of ether oxygens (including phenoxy) is 1. The highest BCUT2D eigenvalue weighted by molar-refractivity contribution is 5.96. The van der Waals surface area contributed by atoms with Crippen LogP contribution in [-0.4, -0.2) is 79.4 Å². The first-order valence-electron chi connectivity index (χ1n) is 15.4. The van der Waals surface area contributed by atoms with E-state index in [1.807, 2.05) is 50.1 Å². The van der Waals surface area contributed by atoms with E-state index in [-0.39, 0.29) is 11.4 Å². The number of aryl methyl sites for hydroxylation is 1. The lowest BCUT2D eigenvalue weighted by atomic mass is 9.93. The number of nitrogens with one attached hydrogen (secondary N) is 1. The number of benzene rings is 2. The van der Waals surface area contributed by atoms with Crippen LogP contribution in [0.5, 0.6) is 5.75 Å². The van der Waals surface area contributed by atoms with Crippen LogP contribution >= 0.6 is 0 Å². The minimum atomic E-state index is -0.00198. The maximum absolute atomic E-state index is 13.3. The normalized spacial score (nSPS) is 14.8. The Morgan fingerprint density at radius 1 is 1.02 bits per heavy atom. The number of fused-ring (bicyclic) bond motifs is 1. The Hall–Kier alpha value is -2.90. The molecule has 0 aromatic heterocycles. The van der Waals surface area contributed by atoms with Crippen LogP contribution in [0.25, 0.3) is 0 Å². The molecule has 1 N–H and O–H groups in total. The molecule has 7 heteroatoms. The second-order valence-electron chi connectivity index (χ2n) is 11.2. The topological polar surface area (TPSA) is 65.1 Å². The number of hydrogen-bond acceptors (Lipinski definition) is 5. The summed E-state index contributed by atoms with van der Waals surface area (Å²) in [6, 6.07) is 14.4. The van der Waals surface area contributed by atoms with Gasteiger partial charge in [0.2, 0.25) is 6.41 Å².